The Balaban J connectivity index is 2.19. The molecule has 1 rings (SSSR count). The van der Waals surface area contributed by atoms with Crippen LogP contribution in [0.2, 0.25) is 0 Å². The highest BCUT2D eigenvalue weighted by Crippen LogP contribution is 2.21. The van der Waals surface area contributed by atoms with Crippen LogP contribution in [-0.2, 0) is 0 Å². The molecular formula is C15H33N3. The summed E-state index contributed by atoms with van der Waals surface area (Å²) in [6.45, 7) is 12.6. The predicted octanol–water partition coefficient (Wildman–Crippen LogP) is 2.17. The van der Waals surface area contributed by atoms with E-state index in [1.807, 2.05) is 0 Å². The molecule has 0 aliphatic carbocycles. The van der Waals surface area contributed by atoms with Gasteiger partial charge in [0.25, 0.3) is 0 Å². The summed E-state index contributed by atoms with van der Waals surface area (Å²) in [5, 5.41) is 0. The van der Waals surface area contributed by atoms with E-state index in [0.717, 1.165) is 12.6 Å². The topological polar surface area (TPSA) is 32.5 Å². The van der Waals surface area contributed by atoms with Crippen LogP contribution in [0.25, 0.3) is 0 Å². The van der Waals surface area contributed by atoms with E-state index in [2.05, 4.69) is 37.6 Å². The van der Waals surface area contributed by atoms with E-state index in [9.17, 15) is 0 Å². The summed E-state index contributed by atoms with van der Waals surface area (Å²) < 4.78 is 0. The number of piperidine rings is 1. The van der Waals surface area contributed by atoms with Crippen molar-refractivity contribution in [3.8, 4) is 0 Å². The zero-order valence-corrected chi connectivity index (χ0v) is 12.9. The van der Waals surface area contributed by atoms with Crippen molar-refractivity contribution in [2.45, 2.75) is 52.5 Å². The van der Waals surface area contributed by atoms with Gasteiger partial charge in [0.2, 0.25) is 0 Å². The molecule has 0 aromatic carbocycles. The van der Waals surface area contributed by atoms with Crippen LogP contribution < -0.4 is 5.73 Å². The van der Waals surface area contributed by atoms with Gasteiger partial charge in [-0.3, -0.25) is 0 Å². The molecule has 3 heteroatoms. The first-order valence-corrected chi connectivity index (χ1v) is 7.61. The Labute approximate surface area is 114 Å². The number of rotatable bonds is 7. The molecule has 108 valence electrons. The Morgan fingerprint density at radius 3 is 2.39 bits per heavy atom. The Morgan fingerprint density at radius 2 is 1.89 bits per heavy atom. The van der Waals surface area contributed by atoms with Gasteiger partial charge in [0.1, 0.15) is 0 Å². The minimum absolute atomic E-state index is 0.312. The molecule has 0 aromatic heterocycles. The molecule has 0 atom stereocenters. The van der Waals surface area contributed by atoms with Crippen LogP contribution >= 0.6 is 0 Å². The van der Waals surface area contributed by atoms with Crippen molar-refractivity contribution in [2.75, 3.05) is 39.8 Å². The zero-order chi connectivity index (χ0) is 13.6. The summed E-state index contributed by atoms with van der Waals surface area (Å²) in [4.78, 5) is 5.13. The molecule has 3 nitrogen and oxygen atoms in total. The van der Waals surface area contributed by atoms with E-state index in [1.54, 1.807) is 0 Å². The van der Waals surface area contributed by atoms with Crippen molar-refractivity contribution in [3.63, 3.8) is 0 Å². The highest BCUT2D eigenvalue weighted by atomic mass is 15.2. The molecule has 1 heterocycles. The summed E-state index contributed by atoms with van der Waals surface area (Å²) >= 11 is 0. The number of hydrogen-bond acceptors (Lipinski definition) is 3. The lowest BCUT2D eigenvalue weighted by Gasteiger charge is -2.36. The smallest absolute Gasteiger partial charge is 0.0117 e. The average molecular weight is 255 g/mol. The van der Waals surface area contributed by atoms with E-state index >= 15 is 0 Å². The third kappa shape index (κ3) is 5.25. The number of likely N-dealkylation sites (tertiary alicyclic amines) is 1. The monoisotopic (exact) mass is 255 g/mol. The summed E-state index contributed by atoms with van der Waals surface area (Å²) in [7, 11) is 2.29. The van der Waals surface area contributed by atoms with Crippen LogP contribution in [0.1, 0.15) is 46.5 Å². The molecular weight excluding hydrogens is 222 g/mol. The summed E-state index contributed by atoms with van der Waals surface area (Å²) in [6.07, 6.45) is 5.19. The van der Waals surface area contributed by atoms with Crippen molar-refractivity contribution in [1.29, 1.82) is 0 Å². The van der Waals surface area contributed by atoms with E-state index < -0.39 is 0 Å². The van der Waals surface area contributed by atoms with Crippen LogP contribution in [0.4, 0.5) is 0 Å². The van der Waals surface area contributed by atoms with Crippen LogP contribution in [0.3, 0.4) is 0 Å². The molecule has 0 spiro atoms. The molecule has 1 aliphatic rings. The van der Waals surface area contributed by atoms with Gasteiger partial charge in [-0.15, -0.1) is 0 Å². The lowest BCUT2D eigenvalue weighted by molar-refractivity contribution is 0.127. The molecule has 18 heavy (non-hydrogen) atoms. The fourth-order valence-electron chi connectivity index (χ4n) is 2.77. The lowest BCUT2D eigenvalue weighted by atomic mass is 9.88. The van der Waals surface area contributed by atoms with E-state index in [4.69, 9.17) is 5.73 Å². The van der Waals surface area contributed by atoms with Crippen LogP contribution in [0.5, 0.6) is 0 Å². The summed E-state index contributed by atoms with van der Waals surface area (Å²) in [6, 6.07) is 0.800. The fraction of sp³-hybridized carbons (Fsp3) is 1.00. The predicted molar refractivity (Wildman–Crippen MR) is 79.8 cm³/mol. The van der Waals surface area contributed by atoms with Gasteiger partial charge in [-0.05, 0) is 70.9 Å². The third-order valence-corrected chi connectivity index (χ3v) is 4.54. The second-order valence-electron chi connectivity index (χ2n) is 6.62. The van der Waals surface area contributed by atoms with E-state index in [1.165, 1.54) is 51.9 Å². The molecule has 0 unspecified atom stereocenters. The molecule has 0 radical (unpaired) electrons. The fourth-order valence-corrected chi connectivity index (χ4v) is 2.77. The van der Waals surface area contributed by atoms with Crippen molar-refractivity contribution in [3.05, 3.63) is 0 Å². The van der Waals surface area contributed by atoms with Crippen LogP contribution in [0, 0.1) is 5.41 Å². The van der Waals surface area contributed by atoms with E-state index in [-0.39, 0.29) is 0 Å². The quantitative estimate of drug-likeness (QED) is 0.757. The van der Waals surface area contributed by atoms with Crippen LogP contribution in [-0.4, -0.2) is 55.6 Å². The lowest BCUT2D eigenvalue weighted by Crippen LogP contribution is -2.43. The van der Waals surface area contributed by atoms with Crippen molar-refractivity contribution < 1.29 is 0 Å². The second-order valence-corrected chi connectivity index (χ2v) is 6.62. The van der Waals surface area contributed by atoms with Gasteiger partial charge in [0.15, 0.2) is 0 Å². The first kappa shape index (κ1) is 15.9. The van der Waals surface area contributed by atoms with Gasteiger partial charge in [-0.1, -0.05) is 20.8 Å². The van der Waals surface area contributed by atoms with Gasteiger partial charge in [0.05, 0.1) is 0 Å². The summed E-state index contributed by atoms with van der Waals surface area (Å²) in [5.74, 6) is 0. The van der Waals surface area contributed by atoms with Gasteiger partial charge in [-0.25, -0.2) is 0 Å². The Hall–Kier alpha value is -0.120. The molecule has 1 fully saturated rings. The van der Waals surface area contributed by atoms with Crippen molar-refractivity contribution in [2.24, 2.45) is 11.1 Å². The maximum atomic E-state index is 5.78. The molecule has 0 saturated carbocycles. The Bertz CT molecular complexity index is 220. The SMILES string of the molecule is CCN1CCC(N(C)CCCC(C)(C)CN)CC1. The van der Waals surface area contributed by atoms with Gasteiger partial charge in [-0.2, -0.15) is 0 Å². The summed E-state index contributed by atoms with van der Waals surface area (Å²) in [5.41, 5.74) is 6.09. The minimum Gasteiger partial charge on any atom is -0.330 e. The molecule has 0 amide bonds. The van der Waals surface area contributed by atoms with Crippen molar-refractivity contribution >= 4 is 0 Å². The molecule has 1 saturated heterocycles. The third-order valence-electron chi connectivity index (χ3n) is 4.54. The highest BCUT2D eigenvalue weighted by Gasteiger charge is 2.22. The standard InChI is InChI=1S/C15H33N3/c1-5-18-11-7-14(8-12-18)17(4)10-6-9-15(2,3)13-16/h14H,5-13,16H2,1-4H3. The van der Waals surface area contributed by atoms with Gasteiger partial charge in [0, 0.05) is 6.04 Å². The van der Waals surface area contributed by atoms with E-state index in [0.29, 0.717) is 5.41 Å². The zero-order valence-electron chi connectivity index (χ0n) is 12.9. The normalized spacial score (nSPS) is 19.7. The molecule has 1 aliphatic heterocycles. The highest BCUT2D eigenvalue weighted by molar-refractivity contribution is 4.78. The molecule has 2 N–H and O–H groups in total. The van der Waals surface area contributed by atoms with Crippen molar-refractivity contribution in [1.82, 2.24) is 9.80 Å². The Kier molecular flexibility index (Phi) is 6.61. The number of nitrogens with zero attached hydrogens (tertiary/aromatic N) is 2. The first-order valence-electron chi connectivity index (χ1n) is 7.61. The second kappa shape index (κ2) is 7.46. The number of hydrogen-bond donors (Lipinski definition) is 1. The first-order chi connectivity index (χ1) is 8.48. The molecule has 0 bridgehead atoms. The Morgan fingerprint density at radius 1 is 1.28 bits per heavy atom. The maximum absolute atomic E-state index is 5.78. The number of nitrogens with two attached hydrogens (primary N) is 1. The van der Waals surface area contributed by atoms with Gasteiger partial charge >= 0.3 is 0 Å². The largest absolute Gasteiger partial charge is 0.330 e. The molecule has 0 aromatic rings. The van der Waals surface area contributed by atoms with Crippen LogP contribution in [0.15, 0.2) is 0 Å². The maximum Gasteiger partial charge on any atom is 0.0117 e. The van der Waals surface area contributed by atoms with Gasteiger partial charge < -0.3 is 15.5 Å². The minimum atomic E-state index is 0.312. The average Bonchev–Trinajstić information content (AvgIpc) is 2.38.